The number of nitrogens with zero attached hydrogens (tertiary/aromatic N) is 2. The summed E-state index contributed by atoms with van der Waals surface area (Å²) in [5, 5.41) is 0. The molecule has 5 rings (SSSR count). The van der Waals surface area contributed by atoms with Crippen LogP contribution in [0.4, 0.5) is 0 Å². The van der Waals surface area contributed by atoms with Gasteiger partial charge in [-0.05, 0) is 59.7 Å². The molecule has 0 saturated heterocycles. The minimum Gasteiger partial charge on any atom is -0.497 e. The number of hydrogen-bond donors (Lipinski definition) is 0. The maximum absolute atomic E-state index is 14.2. The van der Waals surface area contributed by atoms with Crippen molar-refractivity contribution in [3.05, 3.63) is 128 Å². The van der Waals surface area contributed by atoms with Crippen LogP contribution in [0, 0.1) is 0 Å². The van der Waals surface area contributed by atoms with Gasteiger partial charge < -0.3 is 9.47 Å². The van der Waals surface area contributed by atoms with Crippen LogP contribution in [0.2, 0.25) is 0 Å². The van der Waals surface area contributed by atoms with E-state index < -0.39 is 0 Å². The summed E-state index contributed by atoms with van der Waals surface area (Å²) in [6.07, 6.45) is 0. The van der Waals surface area contributed by atoms with E-state index in [0.717, 1.165) is 54.1 Å². The molecule has 5 aromatic rings. The molecule has 0 aliphatic heterocycles. The topological polar surface area (TPSA) is 45.4 Å². The van der Waals surface area contributed by atoms with Gasteiger partial charge in [0, 0.05) is 20.1 Å². The van der Waals surface area contributed by atoms with Crippen LogP contribution < -0.4 is 15.2 Å². The molecule has 0 atom stereocenters. The highest BCUT2D eigenvalue weighted by Crippen LogP contribution is 2.35. The quantitative estimate of drug-likeness (QED) is 0.177. The Kier molecular flexibility index (Phi) is 7.86. The van der Waals surface area contributed by atoms with Crippen molar-refractivity contribution in [1.29, 1.82) is 0 Å². The van der Waals surface area contributed by atoms with Crippen LogP contribution in [0.3, 0.4) is 0 Å². The highest BCUT2D eigenvalue weighted by molar-refractivity contribution is 9.10. The van der Waals surface area contributed by atoms with E-state index in [0.29, 0.717) is 13.1 Å². The lowest BCUT2D eigenvalue weighted by atomic mass is 10.0. The maximum Gasteiger partial charge on any atom is 0.329 e. The fraction of sp³-hybridized carbons (Fsp3) is 0.129. The van der Waals surface area contributed by atoms with E-state index in [4.69, 9.17) is 9.47 Å². The Bertz CT molecular complexity index is 1500. The molecule has 0 amide bonds. The second-order valence-corrected chi connectivity index (χ2v) is 10.7. The lowest BCUT2D eigenvalue weighted by molar-refractivity contribution is 0.414. The second-order valence-electron chi connectivity index (χ2n) is 8.87. The van der Waals surface area contributed by atoms with E-state index in [2.05, 4.69) is 44.0 Å². The first-order valence-electron chi connectivity index (χ1n) is 12.1. The Morgan fingerprint density at radius 1 is 0.605 bits per heavy atom. The smallest absolute Gasteiger partial charge is 0.329 e. The molecule has 0 saturated carbocycles. The Balaban J connectivity index is 1.76. The number of imidazole rings is 1. The van der Waals surface area contributed by atoms with Gasteiger partial charge >= 0.3 is 5.69 Å². The summed E-state index contributed by atoms with van der Waals surface area (Å²) in [5.41, 5.74) is 5.55. The van der Waals surface area contributed by atoms with Gasteiger partial charge in [0.15, 0.2) is 0 Å². The molecular weight excluding hydrogens is 608 g/mol. The van der Waals surface area contributed by atoms with E-state index in [1.807, 2.05) is 94.1 Å². The van der Waals surface area contributed by atoms with Gasteiger partial charge in [0.1, 0.15) is 11.5 Å². The number of benzene rings is 4. The molecule has 0 aliphatic rings. The first-order chi connectivity index (χ1) is 18.5. The van der Waals surface area contributed by atoms with E-state index in [1.165, 1.54) is 0 Å². The number of rotatable bonds is 8. The predicted octanol–water partition coefficient (Wildman–Crippen LogP) is 7.62. The molecule has 192 valence electrons. The summed E-state index contributed by atoms with van der Waals surface area (Å²) in [5.74, 6) is 1.56. The zero-order valence-corrected chi connectivity index (χ0v) is 24.2. The molecule has 4 aromatic carbocycles. The minimum absolute atomic E-state index is 0.0819. The number of aromatic nitrogens is 2. The molecular formula is C31H26Br2N2O3. The number of halogens is 2. The van der Waals surface area contributed by atoms with Gasteiger partial charge in [-0.15, -0.1) is 0 Å². The van der Waals surface area contributed by atoms with Gasteiger partial charge in [-0.1, -0.05) is 80.4 Å². The molecule has 0 fully saturated rings. The number of ether oxygens (including phenoxy) is 2. The average Bonchev–Trinajstić information content (AvgIpc) is 3.20. The monoisotopic (exact) mass is 632 g/mol. The summed E-state index contributed by atoms with van der Waals surface area (Å²) in [6.45, 7) is 0.836. The van der Waals surface area contributed by atoms with Gasteiger partial charge in [0.2, 0.25) is 0 Å². The summed E-state index contributed by atoms with van der Waals surface area (Å²) in [6, 6.07) is 31.8. The lowest BCUT2D eigenvalue weighted by Crippen LogP contribution is -2.26. The molecule has 7 heteroatoms. The highest BCUT2D eigenvalue weighted by Gasteiger charge is 2.23. The minimum atomic E-state index is -0.0819. The van der Waals surface area contributed by atoms with Crippen LogP contribution >= 0.6 is 31.9 Å². The number of methoxy groups -OCH3 is 2. The van der Waals surface area contributed by atoms with Crippen LogP contribution in [-0.4, -0.2) is 23.4 Å². The van der Waals surface area contributed by atoms with Crippen molar-refractivity contribution in [1.82, 2.24) is 9.13 Å². The van der Waals surface area contributed by atoms with Crippen molar-refractivity contribution in [3.8, 4) is 34.0 Å². The summed E-state index contributed by atoms with van der Waals surface area (Å²) in [7, 11) is 3.29. The summed E-state index contributed by atoms with van der Waals surface area (Å²) >= 11 is 7.25. The van der Waals surface area contributed by atoms with Crippen LogP contribution in [0.15, 0.2) is 111 Å². The highest BCUT2D eigenvalue weighted by atomic mass is 79.9. The SMILES string of the molecule is COc1ccc(Cn2c(-c3cccc(Br)c3)c(-c3cccc(Br)c3)n(Cc3ccc(OC)cc3)c2=O)cc1. The first kappa shape index (κ1) is 26.1. The molecule has 0 bridgehead atoms. The Labute approximate surface area is 238 Å². The molecule has 0 spiro atoms. The van der Waals surface area contributed by atoms with Gasteiger partial charge in [-0.2, -0.15) is 0 Å². The molecule has 0 radical (unpaired) electrons. The normalized spacial score (nSPS) is 10.9. The van der Waals surface area contributed by atoms with Crippen molar-refractivity contribution in [2.24, 2.45) is 0 Å². The van der Waals surface area contributed by atoms with E-state index in [-0.39, 0.29) is 5.69 Å². The fourth-order valence-electron chi connectivity index (χ4n) is 4.57. The van der Waals surface area contributed by atoms with Crippen molar-refractivity contribution < 1.29 is 9.47 Å². The maximum atomic E-state index is 14.2. The van der Waals surface area contributed by atoms with Crippen LogP contribution in [0.1, 0.15) is 11.1 Å². The van der Waals surface area contributed by atoms with Gasteiger partial charge in [0.05, 0.1) is 38.7 Å². The Morgan fingerprint density at radius 2 is 1.00 bits per heavy atom. The van der Waals surface area contributed by atoms with E-state index in [9.17, 15) is 4.79 Å². The van der Waals surface area contributed by atoms with E-state index in [1.54, 1.807) is 14.2 Å². The van der Waals surface area contributed by atoms with E-state index >= 15 is 0 Å². The predicted molar refractivity (Wildman–Crippen MR) is 159 cm³/mol. The zero-order chi connectivity index (χ0) is 26.6. The Morgan fingerprint density at radius 3 is 1.34 bits per heavy atom. The standard InChI is InChI=1S/C31H26Br2N2O3/c1-37-27-13-9-21(10-14-27)19-34-29(23-5-3-7-25(32)17-23)30(24-6-4-8-26(33)18-24)35(31(34)36)20-22-11-15-28(38-2)16-12-22/h3-18H,19-20H2,1-2H3. The van der Waals surface area contributed by atoms with Crippen molar-refractivity contribution in [3.63, 3.8) is 0 Å². The average molecular weight is 634 g/mol. The molecule has 1 heterocycles. The lowest BCUT2D eigenvalue weighted by Gasteiger charge is -2.13. The third-order valence-electron chi connectivity index (χ3n) is 6.42. The fourth-order valence-corrected chi connectivity index (χ4v) is 5.37. The third kappa shape index (κ3) is 5.49. The summed E-state index contributed by atoms with van der Waals surface area (Å²) in [4.78, 5) is 14.2. The molecule has 1 aromatic heterocycles. The van der Waals surface area contributed by atoms with Gasteiger partial charge in [-0.25, -0.2) is 4.79 Å². The van der Waals surface area contributed by atoms with Crippen molar-refractivity contribution in [2.45, 2.75) is 13.1 Å². The van der Waals surface area contributed by atoms with Gasteiger partial charge in [0.25, 0.3) is 0 Å². The molecule has 38 heavy (non-hydrogen) atoms. The van der Waals surface area contributed by atoms with Crippen LogP contribution in [0.5, 0.6) is 11.5 Å². The summed E-state index contributed by atoms with van der Waals surface area (Å²) < 4.78 is 16.3. The van der Waals surface area contributed by atoms with Crippen molar-refractivity contribution in [2.75, 3.05) is 14.2 Å². The third-order valence-corrected chi connectivity index (χ3v) is 7.41. The molecule has 0 aliphatic carbocycles. The van der Waals surface area contributed by atoms with Crippen LogP contribution in [0.25, 0.3) is 22.5 Å². The molecule has 0 N–H and O–H groups in total. The van der Waals surface area contributed by atoms with Gasteiger partial charge in [-0.3, -0.25) is 9.13 Å². The largest absolute Gasteiger partial charge is 0.497 e. The van der Waals surface area contributed by atoms with Crippen molar-refractivity contribution >= 4 is 31.9 Å². The first-order valence-corrected chi connectivity index (χ1v) is 13.7. The molecule has 0 unspecified atom stereocenters. The van der Waals surface area contributed by atoms with Crippen LogP contribution in [-0.2, 0) is 13.1 Å². The Hall–Kier alpha value is -3.55. The zero-order valence-electron chi connectivity index (χ0n) is 21.0. The second kappa shape index (κ2) is 11.5. The molecule has 5 nitrogen and oxygen atoms in total. The number of hydrogen-bond acceptors (Lipinski definition) is 3.